The van der Waals surface area contributed by atoms with Gasteiger partial charge in [0.1, 0.15) is 29.4 Å². The summed E-state index contributed by atoms with van der Waals surface area (Å²) in [6, 6.07) is 2.36. The van der Waals surface area contributed by atoms with E-state index in [4.69, 9.17) is 10.5 Å². The molecular formula is C22H19N5O9S2. The number of amides is 2. The predicted octanol–water partition coefficient (Wildman–Crippen LogP) is 0.467. The minimum Gasteiger partial charge on any atom is -0.504 e. The number of nitrogens with zero attached hydrogens (tertiary/aromatic N) is 3. The summed E-state index contributed by atoms with van der Waals surface area (Å²) in [5.74, 6) is -4.40. The highest BCUT2D eigenvalue weighted by Crippen LogP contribution is 2.40. The number of carbonyl (C=O) groups excluding carboxylic acids is 3. The lowest BCUT2D eigenvalue weighted by atomic mass is 10.0. The average Bonchev–Trinajstić information content (AvgIpc) is 3.31. The van der Waals surface area contributed by atoms with Crippen molar-refractivity contribution in [3.63, 3.8) is 0 Å². The Kier molecular flexibility index (Phi) is 7.54. The summed E-state index contributed by atoms with van der Waals surface area (Å²) >= 11 is 2.23. The van der Waals surface area contributed by atoms with E-state index >= 15 is 0 Å². The van der Waals surface area contributed by atoms with Crippen LogP contribution in [0.25, 0.3) is 0 Å². The molecule has 14 nitrogen and oxygen atoms in total. The number of aromatic hydroxyl groups is 2. The number of hydrogen-bond donors (Lipinski definition) is 6. The van der Waals surface area contributed by atoms with E-state index in [-0.39, 0.29) is 40.0 Å². The molecule has 0 spiro atoms. The van der Waals surface area contributed by atoms with E-state index in [0.717, 1.165) is 28.4 Å². The number of ether oxygens (including phenoxy) is 1. The molecule has 2 amide bonds. The van der Waals surface area contributed by atoms with Gasteiger partial charge in [0, 0.05) is 11.1 Å². The van der Waals surface area contributed by atoms with Crippen molar-refractivity contribution in [1.82, 2.24) is 15.2 Å². The van der Waals surface area contributed by atoms with Crippen LogP contribution in [0, 0.1) is 0 Å². The first kappa shape index (κ1) is 26.5. The van der Waals surface area contributed by atoms with Crippen molar-refractivity contribution in [2.45, 2.75) is 11.4 Å². The van der Waals surface area contributed by atoms with Crippen molar-refractivity contribution >= 4 is 57.7 Å². The fourth-order valence-corrected chi connectivity index (χ4v) is 5.50. The molecule has 4 rings (SSSR count). The highest BCUT2D eigenvalue weighted by atomic mass is 32.2. The highest BCUT2D eigenvalue weighted by Gasteiger charge is 2.54. The molecule has 16 heteroatoms. The monoisotopic (exact) mass is 561 g/mol. The van der Waals surface area contributed by atoms with Crippen LogP contribution >= 0.6 is 23.1 Å². The molecule has 2 aliphatic rings. The minimum atomic E-state index is -1.36. The van der Waals surface area contributed by atoms with Crippen LogP contribution in [-0.2, 0) is 19.1 Å². The molecule has 2 aliphatic heterocycles. The van der Waals surface area contributed by atoms with E-state index in [0.29, 0.717) is 0 Å². The molecule has 0 radical (unpaired) electrons. The van der Waals surface area contributed by atoms with Gasteiger partial charge in [-0.05, 0) is 29.8 Å². The van der Waals surface area contributed by atoms with Gasteiger partial charge >= 0.3 is 11.9 Å². The number of esters is 1. The zero-order valence-electron chi connectivity index (χ0n) is 19.1. The molecule has 1 saturated heterocycles. The van der Waals surface area contributed by atoms with Crippen LogP contribution in [0.2, 0.25) is 0 Å². The largest absolute Gasteiger partial charge is 0.504 e. The van der Waals surface area contributed by atoms with Crippen LogP contribution in [0.15, 0.2) is 52.2 Å². The number of hydrogen-bond acceptors (Lipinski definition) is 13. The van der Waals surface area contributed by atoms with Gasteiger partial charge in [-0.1, -0.05) is 11.2 Å². The summed E-state index contributed by atoms with van der Waals surface area (Å²) in [7, 11) is 0. The molecule has 7 N–H and O–H groups in total. The molecule has 38 heavy (non-hydrogen) atoms. The number of nitrogens with two attached hydrogens (primary N) is 1. The number of aliphatic carboxylic acids is 1. The lowest BCUT2D eigenvalue weighted by molar-refractivity contribution is -0.150. The second-order valence-electron chi connectivity index (χ2n) is 7.76. The Labute approximate surface area is 221 Å². The summed E-state index contributed by atoms with van der Waals surface area (Å²) in [5, 5.41) is 44.0. The number of phenolic OH excluding ortho intramolecular Hbond substituents is 2. The SMILES string of the molecule is Nc1nc(/C(=N/O)C(=O)NC2C(=O)N3C(C(=O)O)=C(/C=C/COC(=O)c4ccc(O)c(O)c4)CSC23)cs1. The molecule has 3 heterocycles. The maximum absolute atomic E-state index is 12.8. The quantitative estimate of drug-likeness (QED) is 0.0646. The number of carbonyl (C=O) groups is 4. The van der Waals surface area contributed by atoms with E-state index in [1.807, 2.05) is 0 Å². The highest BCUT2D eigenvalue weighted by molar-refractivity contribution is 8.00. The van der Waals surface area contributed by atoms with Crippen molar-refractivity contribution in [2.24, 2.45) is 5.16 Å². The Morgan fingerprint density at radius 2 is 2.05 bits per heavy atom. The first-order valence-corrected chi connectivity index (χ1v) is 12.6. The molecule has 2 unspecified atom stereocenters. The van der Waals surface area contributed by atoms with E-state index in [1.54, 1.807) is 0 Å². The molecule has 2 aromatic rings. The molecule has 2 atom stereocenters. The number of nitrogens with one attached hydrogen (secondary N) is 1. The number of thiazole rings is 1. The van der Waals surface area contributed by atoms with Gasteiger partial charge < -0.3 is 36.3 Å². The normalized spacial score (nSPS) is 19.2. The number of rotatable bonds is 8. The van der Waals surface area contributed by atoms with Gasteiger partial charge in [0.2, 0.25) is 0 Å². The number of β-lactam (4-membered cyclic amide) rings is 1. The number of nitrogen functional groups attached to an aromatic ring is 1. The molecule has 1 fully saturated rings. The first-order valence-electron chi connectivity index (χ1n) is 10.6. The van der Waals surface area contributed by atoms with E-state index < -0.39 is 52.4 Å². The molecule has 0 saturated carbocycles. The maximum Gasteiger partial charge on any atom is 0.352 e. The van der Waals surface area contributed by atoms with Crippen molar-refractivity contribution < 1.29 is 44.4 Å². The predicted molar refractivity (Wildman–Crippen MR) is 134 cm³/mol. The Balaban J connectivity index is 1.41. The number of allylic oxidation sites excluding steroid dienone is 1. The van der Waals surface area contributed by atoms with Gasteiger partial charge in [-0.3, -0.25) is 14.5 Å². The van der Waals surface area contributed by atoms with Gasteiger partial charge in [0.25, 0.3) is 11.8 Å². The molecule has 0 bridgehead atoms. The van der Waals surface area contributed by atoms with E-state index in [9.17, 15) is 39.7 Å². The van der Waals surface area contributed by atoms with E-state index in [2.05, 4.69) is 15.5 Å². The van der Waals surface area contributed by atoms with Crippen LogP contribution in [0.1, 0.15) is 16.1 Å². The Morgan fingerprint density at radius 3 is 2.68 bits per heavy atom. The van der Waals surface area contributed by atoms with Crippen molar-refractivity contribution in [1.29, 1.82) is 0 Å². The Bertz CT molecular complexity index is 1420. The molecular weight excluding hydrogens is 542 g/mol. The third-order valence-electron chi connectivity index (χ3n) is 5.41. The maximum atomic E-state index is 12.8. The fraction of sp³-hybridized carbons (Fsp3) is 0.182. The van der Waals surface area contributed by atoms with Crippen LogP contribution in [0.3, 0.4) is 0 Å². The number of fused-ring (bicyclic) bond motifs is 1. The van der Waals surface area contributed by atoms with Crippen molar-refractivity contribution in [3.8, 4) is 11.5 Å². The van der Waals surface area contributed by atoms with Gasteiger partial charge in [-0.25, -0.2) is 14.6 Å². The molecule has 1 aromatic heterocycles. The second-order valence-corrected chi connectivity index (χ2v) is 9.76. The smallest absolute Gasteiger partial charge is 0.352 e. The van der Waals surface area contributed by atoms with Gasteiger partial charge in [-0.15, -0.1) is 23.1 Å². The lowest BCUT2D eigenvalue weighted by Crippen LogP contribution is -2.71. The number of aromatic nitrogens is 1. The van der Waals surface area contributed by atoms with Gasteiger partial charge in [-0.2, -0.15) is 0 Å². The second kappa shape index (κ2) is 10.8. The van der Waals surface area contributed by atoms with Crippen LogP contribution in [0.5, 0.6) is 11.5 Å². The zero-order chi connectivity index (χ0) is 27.6. The average molecular weight is 562 g/mol. The number of anilines is 1. The topological polar surface area (TPSA) is 225 Å². The van der Waals surface area contributed by atoms with Crippen LogP contribution in [-0.4, -0.2) is 83.7 Å². The minimum absolute atomic E-state index is 0.00196. The first-order chi connectivity index (χ1) is 18.1. The summed E-state index contributed by atoms with van der Waals surface area (Å²) < 4.78 is 5.06. The number of oxime groups is 1. The number of phenols is 2. The summed E-state index contributed by atoms with van der Waals surface area (Å²) in [4.78, 5) is 54.4. The van der Waals surface area contributed by atoms with Crippen molar-refractivity contribution in [2.75, 3.05) is 18.1 Å². The summed E-state index contributed by atoms with van der Waals surface area (Å²) in [5.41, 5.74) is 5.12. The van der Waals surface area contributed by atoms with Crippen molar-refractivity contribution in [3.05, 3.63) is 58.3 Å². The van der Waals surface area contributed by atoms with Gasteiger partial charge in [0.15, 0.2) is 22.3 Å². The molecule has 198 valence electrons. The van der Waals surface area contributed by atoms with Gasteiger partial charge in [0.05, 0.1) is 5.56 Å². The number of carboxylic acid groups (broad SMARTS) is 1. The van der Waals surface area contributed by atoms with E-state index in [1.165, 1.54) is 35.4 Å². The summed E-state index contributed by atoms with van der Waals surface area (Å²) in [6.45, 7) is -0.234. The third-order valence-corrected chi connectivity index (χ3v) is 7.38. The molecule has 1 aromatic carbocycles. The Morgan fingerprint density at radius 1 is 1.29 bits per heavy atom. The zero-order valence-corrected chi connectivity index (χ0v) is 20.7. The molecule has 0 aliphatic carbocycles. The Hall–Kier alpha value is -4.57. The summed E-state index contributed by atoms with van der Waals surface area (Å²) in [6.07, 6.45) is 2.81. The number of carboxylic acids is 1. The number of thioether (sulfide) groups is 1. The lowest BCUT2D eigenvalue weighted by Gasteiger charge is -2.49. The standard InChI is InChI=1S/C22H19N5O9S2/c23-22-24-11(8-38-22)14(26-35)17(30)25-15-18(31)27-16(20(32)33)10(7-37-19(15)27)2-1-5-36-21(34)9-3-4-12(28)13(29)6-9/h1-4,6,8,15,19,28-29,35H,5,7H2,(H2,23,24)(H,25,30)(H,32,33)/b2-1+,26-14-. The van der Waals surface area contributed by atoms with Crippen LogP contribution < -0.4 is 11.1 Å². The van der Waals surface area contributed by atoms with Crippen LogP contribution in [0.4, 0.5) is 5.13 Å². The third kappa shape index (κ3) is 5.12. The number of benzene rings is 1. The fourth-order valence-electron chi connectivity index (χ4n) is 3.64.